The Balaban J connectivity index is 2.08. The molecular formula is C18H23N3O2S. The molecular weight excluding hydrogens is 322 g/mol. The Morgan fingerprint density at radius 1 is 1.17 bits per heavy atom. The Kier molecular flexibility index (Phi) is 6.37. The fraction of sp³-hybridized carbons (Fsp3) is 0.333. The molecule has 2 N–H and O–H groups in total. The lowest BCUT2D eigenvalue weighted by atomic mass is 10.0. The van der Waals surface area contributed by atoms with Crippen molar-refractivity contribution in [3.63, 3.8) is 0 Å². The van der Waals surface area contributed by atoms with Crippen LogP contribution in [-0.4, -0.2) is 24.3 Å². The van der Waals surface area contributed by atoms with E-state index in [1.807, 2.05) is 37.3 Å². The highest BCUT2D eigenvalue weighted by Crippen LogP contribution is 2.30. The van der Waals surface area contributed by atoms with Gasteiger partial charge in [0.25, 0.3) is 0 Å². The number of anilines is 1. The first-order valence-electron chi connectivity index (χ1n) is 7.79. The smallest absolute Gasteiger partial charge is 0.172 e. The van der Waals surface area contributed by atoms with Crippen molar-refractivity contribution >= 4 is 23.1 Å². The molecule has 0 spiro atoms. The van der Waals surface area contributed by atoms with E-state index in [0.29, 0.717) is 16.6 Å². The van der Waals surface area contributed by atoms with Gasteiger partial charge in [-0.25, -0.2) is 4.98 Å². The number of aryl methyl sites for hydroxylation is 1. The van der Waals surface area contributed by atoms with Crippen molar-refractivity contribution in [2.45, 2.75) is 26.3 Å². The molecule has 1 aromatic carbocycles. The molecule has 1 aromatic heterocycles. The SMILES string of the molecule is CC[C@H](NC(=S)Nc1ccc(C)cn1)c1ccc(OC)c(OC)c1. The van der Waals surface area contributed by atoms with Gasteiger partial charge in [0.05, 0.1) is 20.3 Å². The van der Waals surface area contributed by atoms with Crippen LogP contribution >= 0.6 is 12.2 Å². The van der Waals surface area contributed by atoms with Crippen molar-refractivity contribution in [3.05, 3.63) is 47.7 Å². The van der Waals surface area contributed by atoms with E-state index >= 15 is 0 Å². The van der Waals surface area contributed by atoms with Gasteiger partial charge < -0.3 is 20.1 Å². The zero-order chi connectivity index (χ0) is 17.5. The lowest BCUT2D eigenvalue weighted by Gasteiger charge is -2.21. The maximum atomic E-state index is 5.40. The van der Waals surface area contributed by atoms with Crippen LogP contribution in [0.1, 0.15) is 30.5 Å². The number of aromatic nitrogens is 1. The molecule has 0 amide bonds. The van der Waals surface area contributed by atoms with Gasteiger partial charge in [-0.1, -0.05) is 19.1 Å². The molecule has 2 aromatic rings. The summed E-state index contributed by atoms with van der Waals surface area (Å²) < 4.78 is 10.7. The number of rotatable bonds is 6. The van der Waals surface area contributed by atoms with Crippen LogP contribution in [0.3, 0.4) is 0 Å². The molecule has 0 fully saturated rings. The second-order valence-electron chi connectivity index (χ2n) is 5.39. The largest absolute Gasteiger partial charge is 0.493 e. The van der Waals surface area contributed by atoms with Gasteiger partial charge in [0.2, 0.25) is 0 Å². The number of pyridine rings is 1. The van der Waals surface area contributed by atoms with Crippen LogP contribution in [0, 0.1) is 6.92 Å². The van der Waals surface area contributed by atoms with Gasteiger partial charge in [-0.15, -0.1) is 0 Å². The van der Waals surface area contributed by atoms with Crippen LogP contribution in [-0.2, 0) is 0 Å². The molecule has 0 unspecified atom stereocenters. The summed E-state index contributed by atoms with van der Waals surface area (Å²) in [7, 11) is 3.26. The summed E-state index contributed by atoms with van der Waals surface area (Å²) >= 11 is 5.40. The predicted molar refractivity (Wildman–Crippen MR) is 101 cm³/mol. The highest BCUT2D eigenvalue weighted by atomic mass is 32.1. The van der Waals surface area contributed by atoms with E-state index < -0.39 is 0 Å². The van der Waals surface area contributed by atoms with E-state index in [9.17, 15) is 0 Å². The maximum Gasteiger partial charge on any atom is 0.172 e. The zero-order valence-corrected chi connectivity index (χ0v) is 15.2. The summed E-state index contributed by atoms with van der Waals surface area (Å²) in [5.41, 5.74) is 2.19. The number of nitrogens with one attached hydrogen (secondary N) is 2. The normalized spacial score (nSPS) is 11.5. The molecule has 2 rings (SSSR count). The third-order valence-electron chi connectivity index (χ3n) is 3.68. The van der Waals surface area contributed by atoms with Crippen molar-refractivity contribution < 1.29 is 9.47 Å². The molecule has 0 saturated heterocycles. The Bertz CT molecular complexity index is 689. The molecule has 5 nitrogen and oxygen atoms in total. The Labute approximate surface area is 148 Å². The van der Waals surface area contributed by atoms with E-state index in [1.165, 1.54) is 0 Å². The summed E-state index contributed by atoms with van der Waals surface area (Å²) in [5, 5.41) is 6.96. The highest BCUT2D eigenvalue weighted by Gasteiger charge is 2.14. The summed E-state index contributed by atoms with van der Waals surface area (Å²) in [6, 6.07) is 9.83. The predicted octanol–water partition coefficient (Wildman–Crippen LogP) is 3.84. The first-order valence-corrected chi connectivity index (χ1v) is 8.20. The molecule has 0 aliphatic rings. The van der Waals surface area contributed by atoms with Crippen LogP contribution in [0.25, 0.3) is 0 Å². The summed E-state index contributed by atoms with van der Waals surface area (Å²) in [6.45, 7) is 4.10. The molecule has 0 aliphatic carbocycles. The molecule has 24 heavy (non-hydrogen) atoms. The minimum Gasteiger partial charge on any atom is -0.493 e. The van der Waals surface area contributed by atoms with E-state index in [4.69, 9.17) is 21.7 Å². The minimum atomic E-state index is 0.0651. The molecule has 1 heterocycles. The Morgan fingerprint density at radius 3 is 2.50 bits per heavy atom. The van der Waals surface area contributed by atoms with Crippen molar-refractivity contribution in [2.75, 3.05) is 19.5 Å². The van der Waals surface area contributed by atoms with Gasteiger partial charge in [-0.2, -0.15) is 0 Å². The minimum absolute atomic E-state index is 0.0651. The van der Waals surface area contributed by atoms with E-state index in [0.717, 1.165) is 23.4 Å². The first kappa shape index (κ1) is 18.0. The van der Waals surface area contributed by atoms with Gasteiger partial charge in [-0.05, 0) is 54.9 Å². The first-order chi connectivity index (χ1) is 11.6. The summed E-state index contributed by atoms with van der Waals surface area (Å²) in [6.07, 6.45) is 2.68. The lowest BCUT2D eigenvalue weighted by molar-refractivity contribution is 0.354. The van der Waals surface area contributed by atoms with E-state index in [-0.39, 0.29) is 6.04 Å². The molecule has 0 radical (unpaired) electrons. The van der Waals surface area contributed by atoms with Crippen LogP contribution in [0.4, 0.5) is 5.82 Å². The molecule has 1 atom stereocenters. The standard InChI is InChI=1S/C18H23N3O2S/c1-5-14(13-7-8-15(22-3)16(10-13)23-4)20-18(24)21-17-9-6-12(2)11-19-17/h6-11,14H,5H2,1-4H3,(H2,19,20,21,24)/t14-/m0/s1. The fourth-order valence-electron chi connectivity index (χ4n) is 2.34. The fourth-order valence-corrected chi connectivity index (χ4v) is 2.59. The number of methoxy groups -OCH3 is 2. The molecule has 0 bridgehead atoms. The van der Waals surface area contributed by atoms with Crippen LogP contribution in [0.5, 0.6) is 11.5 Å². The van der Waals surface area contributed by atoms with Gasteiger partial charge >= 0.3 is 0 Å². The van der Waals surface area contributed by atoms with Crippen molar-refractivity contribution in [2.24, 2.45) is 0 Å². The molecule has 128 valence electrons. The zero-order valence-electron chi connectivity index (χ0n) is 14.4. The maximum absolute atomic E-state index is 5.40. The van der Waals surface area contributed by atoms with Gasteiger partial charge in [0.15, 0.2) is 16.6 Å². The Hall–Kier alpha value is -2.34. The number of ether oxygens (including phenoxy) is 2. The average molecular weight is 345 g/mol. The second-order valence-corrected chi connectivity index (χ2v) is 5.80. The van der Waals surface area contributed by atoms with E-state index in [1.54, 1.807) is 20.4 Å². The van der Waals surface area contributed by atoms with Crippen molar-refractivity contribution in [3.8, 4) is 11.5 Å². The number of nitrogens with zero attached hydrogens (tertiary/aromatic N) is 1. The second kappa shape index (κ2) is 8.49. The number of hydrogen-bond donors (Lipinski definition) is 2. The van der Waals surface area contributed by atoms with Crippen molar-refractivity contribution in [1.82, 2.24) is 10.3 Å². The third-order valence-corrected chi connectivity index (χ3v) is 3.90. The monoisotopic (exact) mass is 345 g/mol. The number of hydrogen-bond acceptors (Lipinski definition) is 4. The van der Waals surface area contributed by atoms with Crippen LogP contribution in [0.15, 0.2) is 36.5 Å². The molecule has 0 saturated carbocycles. The van der Waals surface area contributed by atoms with Crippen molar-refractivity contribution in [1.29, 1.82) is 0 Å². The highest BCUT2D eigenvalue weighted by molar-refractivity contribution is 7.80. The lowest BCUT2D eigenvalue weighted by Crippen LogP contribution is -2.32. The number of thiocarbonyl (C=S) groups is 1. The summed E-state index contributed by atoms with van der Waals surface area (Å²) in [5.74, 6) is 2.13. The third kappa shape index (κ3) is 4.58. The summed E-state index contributed by atoms with van der Waals surface area (Å²) in [4.78, 5) is 4.30. The van der Waals surface area contributed by atoms with E-state index in [2.05, 4.69) is 22.5 Å². The topological polar surface area (TPSA) is 55.4 Å². The van der Waals surface area contributed by atoms with Crippen LogP contribution in [0.2, 0.25) is 0 Å². The average Bonchev–Trinajstić information content (AvgIpc) is 2.61. The number of benzene rings is 1. The Morgan fingerprint density at radius 2 is 1.92 bits per heavy atom. The molecule has 6 heteroatoms. The van der Waals surface area contributed by atoms with Crippen LogP contribution < -0.4 is 20.1 Å². The van der Waals surface area contributed by atoms with Gasteiger partial charge in [0, 0.05) is 6.20 Å². The quantitative estimate of drug-likeness (QED) is 0.776. The van der Waals surface area contributed by atoms with Gasteiger partial charge in [0.1, 0.15) is 5.82 Å². The molecule has 0 aliphatic heterocycles. The van der Waals surface area contributed by atoms with Gasteiger partial charge in [-0.3, -0.25) is 0 Å².